The Bertz CT molecular complexity index is 541. The van der Waals surface area contributed by atoms with E-state index in [4.69, 9.17) is 21.5 Å². The van der Waals surface area contributed by atoms with E-state index in [2.05, 4.69) is 5.16 Å². The second kappa shape index (κ2) is 6.07. The summed E-state index contributed by atoms with van der Waals surface area (Å²) >= 11 is 5.85. The van der Waals surface area contributed by atoms with Crippen LogP contribution in [0.3, 0.4) is 0 Å². The van der Waals surface area contributed by atoms with Crippen molar-refractivity contribution in [1.29, 1.82) is 0 Å². The molecular weight excluding hydrogens is 250 g/mol. The molecule has 0 fully saturated rings. The van der Waals surface area contributed by atoms with Crippen LogP contribution in [0, 0.1) is 0 Å². The van der Waals surface area contributed by atoms with E-state index in [-0.39, 0.29) is 6.61 Å². The molecule has 0 saturated carbocycles. The lowest BCUT2D eigenvalue weighted by Gasteiger charge is -2.08. The Hall–Kier alpha value is -2.00. The molecule has 0 aliphatic rings. The Balaban J connectivity index is 2.05. The molecule has 0 spiro atoms. The minimum absolute atomic E-state index is 0.181. The molecule has 0 aliphatic heterocycles. The van der Waals surface area contributed by atoms with Crippen molar-refractivity contribution in [2.75, 3.05) is 6.61 Å². The molecule has 0 bridgehead atoms. The normalized spacial score (nSPS) is 11.3. The molecule has 0 saturated heterocycles. The monoisotopic (exact) mass is 261 g/mol. The number of ether oxygens (including phenoxy) is 1. The summed E-state index contributed by atoms with van der Waals surface area (Å²) in [5, 5.41) is 12.9. The van der Waals surface area contributed by atoms with Crippen LogP contribution in [-0.4, -0.2) is 17.5 Å². The van der Waals surface area contributed by atoms with Crippen LogP contribution in [0.2, 0.25) is 5.02 Å². The molecule has 0 aromatic heterocycles. The maximum Gasteiger partial charge on any atom is 0.134 e. The number of halogens is 1. The molecule has 2 aromatic carbocycles. The SMILES string of the molecule is O/N=C(\COc1cccc(Cl)c1)c1ccccc1. The lowest BCUT2D eigenvalue weighted by atomic mass is 10.1. The zero-order valence-corrected chi connectivity index (χ0v) is 10.3. The molecule has 0 atom stereocenters. The minimum Gasteiger partial charge on any atom is -0.487 e. The molecule has 3 nitrogen and oxygen atoms in total. The molecular formula is C14H12ClNO2. The number of benzene rings is 2. The minimum atomic E-state index is 0.181. The summed E-state index contributed by atoms with van der Waals surface area (Å²) in [6.07, 6.45) is 0. The van der Waals surface area contributed by atoms with Gasteiger partial charge in [-0.15, -0.1) is 0 Å². The first-order chi connectivity index (χ1) is 8.79. The second-order valence-electron chi connectivity index (χ2n) is 3.66. The molecule has 0 aliphatic carbocycles. The number of hydrogen-bond donors (Lipinski definition) is 1. The number of hydrogen-bond acceptors (Lipinski definition) is 3. The zero-order valence-electron chi connectivity index (χ0n) is 9.58. The topological polar surface area (TPSA) is 41.8 Å². The Morgan fingerprint density at radius 2 is 1.89 bits per heavy atom. The summed E-state index contributed by atoms with van der Waals surface area (Å²) in [5.41, 5.74) is 1.29. The molecule has 2 rings (SSSR count). The van der Waals surface area contributed by atoms with E-state index in [1.807, 2.05) is 30.3 Å². The molecule has 0 radical (unpaired) electrons. The molecule has 0 unspecified atom stereocenters. The highest BCUT2D eigenvalue weighted by Gasteiger charge is 2.05. The number of rotatable bonds is 4. The van der Waals surface area contributed by atoms with E-state index in [0.29, 0.717) is 16.5 Å². The van der Waals surface area contributed by atoms with Gasteiger partial charge in [-0.1, -0.05) is 53.2 Å². The summed E-state index contributed by atoms with van der Waals surface area (Å²) in [6, 6.07) is 16.4. The van der Waals surface area contributed by atoms with Crippen LogP contribution < -0.4 is 4.74 Å². The summed E-state index contributed by atoms with van der Waals surface area (Å²) in [6.45, 7) is 0.181. The fourth-order valence-corrected chi connectivity index (χ4v) is 1.69. The van der Waals surface area contributed by atoms with Crippen molar-refractivity contribution in [1.82, 2.24) is 0 Å². The predicted molar refractivity (Wildman–Crippen MR) is 71.7 cm³/mol. The Kier molecular flexibility index (Phi) is 4.20. The fourth-order valence-electron chi connectivity index (χ4n) is 1.51. The van der Waals surface area contributed by atoms with Gasteiger partial charge in [0, 0.05) is 10.6 Å². The first-order valence-corrected chi connectivity index (χ1v) is 5.82. The number of nitrogens with zero attached hydrogens (tertiary/aromatic N) is 1. The summed E-state index contributed by atoms with van der Waals surface area (Å²) < 4.78 is 5.52. The van der Waals surface area contributed by atoms with E-state index in [0.717, 1.165) is 5.56 Å². The average Bonchev–Trinajstić information content (AvgIpc) is 2.41. The second-order valence-corrected chi connectivity index (χ2v) is 4.10. The van der Waals surface area contributed by atoms with Gasteiger partial charge in [0.15, 0.2) is 0 Å². The zero-order chi connectivity index (χ0) is 12.8. The van der Waals surface area contributed by atoms with Gasteiger partial charge in [-0.3, -0.25) is 0 Å². The lowest BCUT2D eigenvalue weighted by Crippen LogP contribution is -2.12. The highest BCUT2D eigenvalue weighted by Crippen LogP contribution is 2.17. The van der Waals surface area contributed by atoms with Crippen LogP contribution in [0.1, 0.15) is 5.56 Å². The van der Waals surface area contributed by atoms with E-state index in [9.17, 15) is 0 Å². The van der Waals surface area contributed by atoms with Crippen molar-refractivity contribution < 1.29 is 9.94 Å². The van der Waals surface area contributed by atoms with Gasteiger partial charge in [-0.05, 0) is 18.2 Å². The molecule has 4 heteroatoms. The van der Waals surface area contributed by atoms with Crippen molar-refractivity contribution in [3.05, 3.63) is 65.2 Å². The van der Waals surface area contributed by atoms with Crippen LogP contribution in [0.25, 0.3) is 0 Å². The van der Waals surface area contributed by atoms with Crippen LogP contribution >= 0.6 is 11.6 Å². The molecule has 0 heterocycles. The van der Waals surface area contributed by atoms with Gasteiger partial charge in [0.25, 0.3) is 0 Å². The van der Waals surface area contributed by atoms with Crippen LogP contribution in [0.4, 0.5) is 0 Å². The lowest BCUT2D eigenvalue weighted by molar-refractivity contribution is 0.308. The van der Waals surface area contributed by atoms with E-state index < -0.39 is 0 Å². The van der Waals surface area contributed by atoms with Crippen molar-refractivity contribution in [2.45, 2.75) is 0 Å². The van der Waals surface area contributed by atoms with Crippen LogP contribution in [0.5, 0.6) is 5.75 Å². The largest absolute Gasteiger partial charge is 0.487 e. The van der Waals surface area contributed by atoms with Crippen molar-refractivity contribution in [3.63, 3.8) is 0 Å². The van der Waals surface area contributed by atoms with Crippen molar-refractivity contribution >= 4 is 17.3 Å². The number of oxime groups is 1. The Labute approximate surface area is 110 Å². The van der Waals surface area contributed by atoms with Gasteiger partial charge in [0.1, 0.15) is 18.1 Å². The highest BCUT2D eigenvalue weighted by atomic mass is 35.5. The van der Waals surface area contributed by atoms with E-state index in [1.54, 1.807) is 24.3 Å². The fraction of sp³-hybridized carbons (Fsp3) is 0.0714. The highest BCUT2D eigenvalue weighted by molar-refractivity contribution is 6.30. The van der Waals surface area contributed by atoms with Crippen LogP contribution in [0.15, 0.2) is 59.8 Å². The predicted octanol–water partition coefficient (Wildman–Crippen LogP) is 3.60. The third-order valence-electron chi connectivity index (χ3n) is 2.40. The smallest absolute Gasteiger partial charge is 0.134 e. The van der Waals surface area contributed by atoms with E-state index in [1.165, 1.54) is 0 Å². The van der Waals surface area contributed by atoms with Gasteiger partial charge < -0.3 is 9.94 Å². The Morgan fingerprint density at radius 1 is 1.11 bits per heavy atom. The maximum atomic E-state index is 8.99. The van der Waals surface area contributed by atoms with Gasteiger partial charge in [-0.25, -0.2) is 0 Å². The summed E-state index contributed by atoms with van der Waals surface area (Å²) in [5.74, 6) is 0.639. The Morgan fingerprint density at radius 3 is 2.56 bits per heavy atom. The van der Waals surface area contributed by atoms with E-state index >= 15 is 0 Å². The van der Waals surface area contributed by atoms with Gasteiger partial charge in [-0.2, -0.15) is 0 Å². The van der Waals surface area contributed by atoms with Crippen LogP contribution in [-0.2, 0) is 0 Å². The van der Waals surface area contributed by atoms with Gasteiger partial charge >= 0.3 is 0 Å². The third-order valence-corrected chi connectivity index (χ3v) is 2.63. The third kappa shape index (κ3) is 3.25. The van der Waals surface area contributed by atoms with Crippen molar-refractivity contribution in [3.8, 4) is 5.75 Å². The maximum absolute atomic E-state index is 8.99. The molecule has 1 N–H and O–H groups in total. The standard InChI is InChI=1S/C14H12ClNO2/c15-12-7-4-8-13(9-12)18-10-14(16-17)11-5-2-1-3-6-11/h1-9,17H,10H2/b16-14+. The molecule has 92 valence electrons. The summed E-state index contributed by atoms with van der Waals surface area (Å²) in [7, 11) is 0. The quantitative estimate of drug-likeness (QED) is 0.519. The van der Waals surface area contributed by atoms with Gasteiger partial charge in [0.2, 0.25) is 0 Å². The molecule has 2 aromatic rings. The first kappa shape index (κ1) is 12.5. The van der Waals surface area contributed by atoms with Gasteiger partial charge in [0.05, 0.1) is 0 Å². The average molecular weight is 262 g/mol. The summed E-state index contributed by atoms with van der Waals surface area (Å²) in [4.78, 5) is 0. The first-order valence-electron chi connectivity index (χ1n) is 5.44. The van der Waals surface area contributed by atoms with Crippen molar-refractivity contribution in [2.24, 2.45) is 5.16 Å². The molecule has 0 amide bonds. The molecule has 18 heavy (non-hydrogen) atoms.